The van der Waals surface area contributed by atoms with E-state index in [1.54, 1.807) is 29.0 Å². The zero-order valence-corrected chi connectivity index (χ0v) is 10.6. The SMILES string of the molecule is COC(=O)[C@H]1CCCCN1C(=O)c1cn(C)cn1. The van der Waals surface area contributed by atoms with Gasteiger partial charge in [-0.3, -0.25) is 4.79 Å². The molecule has 1 aliphatic heterocycles. The van der Waals surface area contributed by atoms with Crippen molar-refractivity contribution in [2.24, 2.45) is 7.05 Å². The molecule has 2 heterocycles. The third-order valence-electron chi connectivity index (χ3n) is 3.16. The topological polar surface area (TPSA) is 64.4 Å². The van der Waals surface area contributed by atoms with Crippen LogP contribution in [0, 0.1) is 0 Å². The van der Waals surface area contributed by atoms with Crippen LogP contribution in [0.15, 0.2) is 12.5 Å². The molecule has 1 atom stereocenters. The third-order valence-corrected chi connectivity index (χ3v) is 3.16. The Morgan fingerprint density at radius 1 is 1.44 bits per heavy atom. The van der Waals surface area contributed by atoms with Crippen molar-refractivity contribution >= 4 is 11.9 Å². The second-order valence-corrected chi connectivity index (χ2v) is 4.46. The molecule has 6 heteroatoms. The lowest BCUT2D eigenvalue weighted by Gasteiger charge is -2.33. The van der Waals surface area contributed by atoms with Gasteiger partial charge in [0.05, 0.1) is 13.4 Å². The van der Waals surface area contributed by atoms with Gasteiger partial charge in [-0.25, -0.2) is 9.78 Å². The first kappa shape index (κ1) is 12.6. The predicted molar refractivity (Wildman–Crippen MR) is 63.9 cm³/mol. The highest BCUT2D eigenvalue weighted by Crippen LogP contribution is 2.20. The normalized spacial score (nSPS) is 19.7. The number of esters is 1. The van der Waals surface area contributed by atoms with Crippen LogP contribution < -0.4 is 0 Å². The molecule has 0 aromatic carbocycles. The molecule has 2 rings (SSSR count). The quantitative estimate of drug-likeness (QED) is 0.721. The van der Waals surface area contributed by atoms with Gasteiger partial charge in [0.25, 0.3) is 5.91 Å². The molecule has 1 saturated heterocycles. The van der Waals surface area contributed by atoms with Gasteiger partial charge >= 0.3 is 5.97 Å². The van der Waals surface area contributed by atoms with Gasteiger partial charge in [-0.05, 0) is 19.3 Å². The maximum atomic E-state index is 12.3. The van der Waals surface area contributed by atoms with Crippen LogP contribution in [0.3, 0.4) is 0 Å². The second kappa shape index (κ2) is 5.20. The number of amides is 1. The number of methoxy groups -OCH3 is 1. The molecule has 6 nitrogen and oxygen atoms in total. The van der Waals surface area contributed by atoms with Gasteiger partial charge in [-0.1, -0.05) is 0 Å². The van der Waals surface area contributed by atoms with E-state index in [0.29, 0.717) is 18.7 Å². The number of carbonyl (C=O) groups excluding carboxylic acids is 2. The summed E-state index contributed by atoms with van der Waals surface area (Å²) in [6, 6.07) is -0.474. The van der Waals surface area contributed by atoms with Gasteiger partial charge in [-0.15, -0.1) is 0 Å². The van der Waals surface area contributed by atoms with Crippen LogP contribution in [-0.2, 0) is 16.6 Å². The molecule has 0 saturated carbocycles. The van der Waals surface area contributed by atoms with Crippen LogP contribution in [0.25, 0.3) is 0 Å². The van der Waals surface area contributed by atoms with Crippen molar-refractivity contribution in [3.63, 3.8) is 0 Å². The molecule has 18 heavy (non-hydrogen) atoms. The molecular formula is C12H17N3O3. The zero-order chi connectivity index (χ0) is 13.1. The monoisotopic (exact) mass is 251 g/mol. The van der Waals surface area contributed by atoms with Crippen LogP contribution in [-0.4, -0.2) is 46.0 Å². The molecule has 1 aromatic heterocycles. The Bertz CT molecular complexity index is 455. The molecule has 0 spiro atoms. The van der Waals surface area contributed by atoms with Crippen LogP contribution in [0.4, 0.5) is 0 Å². The second-order valence-electron chi connectivity index (χ2n) is 4.46. The van der Waals surface area contributed by atoms with E-state index in [4.69, 9.17) is 4.74 Å². The smallest absolute Gasteiger partial charge is 0.328 e. The lowest BCUT2D eigenvalue weighted by molar-refractivity contribution is -0.147. The molecule has 1 aliphatic rings. The van der Waals surface area contributed by atoms with E-state index < -0.39 is 6.04 Å². The first-order chi connectivity index (χ1) is 8.63. The number of imidazole rings is 1. The van der Waals surface area contributed by atoms with Crippen LogP contribution >= 0.6 is 0 Å². The van der Waals surface area contributed by atoms with Crippen molar-refractivity contribution < 1.29 is 14.3 Å². The Morgan fingerprint density at radius 2 is 2.22 bits per heavy atom. The molecular weight excluding hydrogens is 234 g/mol. The summed E-state index contributed by atoms with van der Waals surface area (Å²) in [5.41, 5.74) is 0.369. The van der Waals surface area contributed by atoms with E-state index >= 15 is 0 Å². The van der Waals surface area contributed by atoms with E-state index in [2.05, 4.69) is 4.98 Å². The third kappa shape index (κ3) is 2.37. The highest BCUT2D eigenvalue weighted by molar-refractivity contribution is 5.95. The van der Waals surface area contributed by atoms with Crippen molar-refractivity contribution in [1.82, 2.24) is 14.5 Å². The summed E-state index contributed by atoms with van der Waals surface area (Å²) in [4.78, 5) is 29.6. The average Bonchev–Trinajstić information content (AvgIpc) is 2.83. The molecule has 1 aromatic rings. The molecule has 1 fully saturated rings. The van der Waals surface area contributed by atoms with Gasteiger partial charge in [0, 0.05) is 19.8 Å². The predicted octanol–water partition coefficient (Wildman–Crippen LogP) is 0.588. The number of likely N-dealkylation sites (tertiary alicyclic amines) is 1. The number of hydrogen-bond donors (Lipinski definition) is 0. The maximum Gasteiger partial charge on any atom is 0.328 e. The molecule has 0 aliphatic carbocycles. The standard InChI is InChI=1S/C12H17N3O3/c1-14-7-9(13-8-14)11(16)15-6-4-3-5-10(15)12(17)18-2/h7-8,10H,3-6H2,1-2H3/t10-/m1/s1. The van der Waals surface area contributed by atoms with Gasteiger partial charge in [0.1, 0.15) is 11.7 Å². The van der Waals surface area contributed by atoms with E-state index in [1.165, 1.54) is 7.11 Å². The van der Waals surface area contributed by atoms with Crippen molar-refractivity contribution in [2.75, 3.05) is 13.7 Å². The summed E-state index contributed by atoms with van der Waals surface area (Å²) in [6.45, 7) is 0.579. The Morgan fingerprint density at radius 3 is 2.83 bits per heavy atom. The van der Waals surface area contributed by atoms with Gasteiger partial charge in [-0.2, -0.15) is 0 Å². The molecule has 0 N–H and O–H groups in total. The van der Waals surface area contributed by atoms with Crippen molar-refractivity contribution in [3.8, 4) is 0 Å². The molecule has 0 bridgehead atoms. The fourth-order valence-corrected chi connectivity index (χ4v) is 2.23. The first-order valence-corrected chi connectivity index (χ1v) is 6.00. The van der Waals surface area contributed by atoms with E-state index in [0.717, 1.165) is 12.8 Å². The molecule has 0 unspecified atom stereocenters. The number of nitrogens with zero attached hydrogens (tertiary/aromatic N) is 3. The Kier molecular flexibility index (Phi) is 3.64. The highest BCUT2D eigenvalue weighted by Gasteiger charge is 2.33. The molecule has 0 radical (unpaired) electrons. The lowest BCUT2D eigenvalue weighted by atomic mass is 10.0. The number of hydrogen-bond acceptors (Lipinski definition) is 4. The fourth-order valence-electron chi connectivity index (χ4n) is 2.23. The summed E-state index contributed by atoms with van der Waals surface area (Å²) in [7, 11) is 3.15. The van der Waals surface area contributed by atoms with E-state index in [1.807, 2.05) is 0 Å². The van der Waals surface area contributed by atoms with Crippen LogP contribution in [0.1, 0.15) is 29.8 Å². The first-order valence-electron chi connectivity index (χ1n) is 6.00. The van der Waals surface area contributed by atoms with E-state index in [-0.39, 0.29) is 11.9 Å². The number of rotatable bonds is 2. The summed E-state index contributed by atoms with van der Waals surface area (Å²) in [5.74, 6) is -0.551. The molecule has 98 valence electrons. The Labute approximate surface area is 106 Å². The highest BCUT2D eigenvalue weighted by atomic mass is 16.5. The Balaban J connectivity index is 2.18. The number of carbonyl (C=O) groups is 2. The van der Waals surface area contributed by atoms with Gasteiger partial charge in [0.15, 0.2) is 0 Å². The minimum Gasteiger partial charge on any atom is -0.467 e. The fraction of sp³-hybridized carbons (Fsp3) is 0.583. The van der Waals surface area contributed by atoms with Crippen molar-refractivity contribution in [1.29, 1.82) is 0 Å². The maximum absolute atomic E-state index is 12.3. The van der Waals surface area contributed by atoms with Crippen LogP contribution in [0.2, 0.25) is 0 Å². The summed E-state index contributed by atoms with van der Waals surface area (Å²) >= 11 is 0. The van der Waals surface area contributed by atoms with Gasteiger partial charge in [0.2, 0.25) is 0 Å². The van der Waals surface area contributed by atoms with Crippen molar-refractivity contribution in [3.05, 3.63) is 18.2 Å². The largest absolute Gasteiger partial charge is 0.467 e. The summed E-state index contributed by atoms with van der Waals surface area (Å²) < 4.78 is 6.47. The minimum absolute atomic E-state index is 0.203. The average molecular weight is 251 g/mol. The summed E-state index contributed by atoms with van der Waals surface area (Å²) in [5, 5.41) is 0. The zero-order valence-electron chi connectivity index (χ0n) is 10.6. The number of piperidine rings is 1. The molecule has 1 amide bonds. The summed E-state index contributed by atoms with van der Waals surface area (Å²) in [6.07, 6.45) is 5.73. The Hall–Kier alpha value is -1.85. The lowest BCUT2D eigenvalue weighted by Crippen LogP contribution is -2.48. The van der Waals surface area contributed by atoms with E-state index in [9.17, 15) is 9.59 Å². The number of aromatic nitrogens is 2. The van der Waals surface area contributed by atoms with Crippen LogP contribution in [0.5, 0.6) is 0 Å². The van der Waals surface area contributed by atoms with Crippen molar-refractivity contribution in [2.45, 2.75) is 25.3 Å². The number of aryl methyl sites for hydroxylation is 1. The number of ether oxygens (including phenoxy) is 1. The minimum atomic E-state index is -0.474. The van der Waals surface area contributed by atoms with Gasteiger partial charge < -0.3 is 14.2 Å².